The molecular weight excluding hydrogens is 318 g/mol. The lowest BCUT2D eigenvalue weighted by atomic mass is 10.1. The number of nitrogens with one attached hydrogen (secondary N) is 1. The maximum absolute atomic E-state index is 12.2. The highest BCUT2D eigenvalue weighted by Gasteiger charge is 2.33. The van der Waals surface area contributed by atoms with Gasteiger partial charge in [-0.2, -0.15) is 0 Å². The van der Waals surface area contributed by atoms with Gasteiger partial charge >= 0.3 is 6.03 Å². The minimum Gasteiger partial charge on any atom is -0.504 e. The van der Waals surface area contributed by atoms with Crippen LogP contribution >= 0.6 is 0 Å². The molecule has 2 rings (SSSR count). The first-order chi connectivity index (χ1) is 11.4. The maximum atomic E-state index is 12.2. The molecule has 0 unspecified atom stereocenters. The van der Waals surface area contributed by atoms with Crippen LogP contribution in [0, 0.1) is 10.1 Å². The molecule has 1 fully saturated rings. The zero-order chi connectivity index (χ0) is 17.9. The normalized spacial score (nSPS) is 15.8. The highest BCUT2D eigenvalue weighted by Crippen LogP contribution is 2.36. The average molecular weight is 335 g/mol. The largest absolute Gasteiger partial charge is 0.504 e. The fourth-order valence-electron chi connectivity index (χ4n) is 2.25. The summed E-state index contributed by atoms with van der Waals surface area (Å²) in [6.07, 6.45) is 1.80. The number of amides is 3. The third-order valence-electron chi connectivity index (χ3n) is 3.31. The second kappa shape index (κ2) is 6.99. The molecule has 24 heavy (non-hydrogen) atoms. The van der Waals surface area contributed by atoms with E-state index in [9.17, 15) is 24.8 Å². The van der Waals surface area contributed by atoms with E-state index >= 15 is 0 Å². The number of imide groups is 1. The van der Waals surface area contributed by atoms with E-state index in [4.69, 9.17) is 4.74 Å². The molecule has 1 aromatic carbocycles. The Bertz CT molecular complexity index is 728. The summed E-state index contributed by atoms with van der Waals surface area (Å²) in [4.78, 5) is 35.4. The van der Waals surface area contributed by atoms with E-state index in [1.807, 2.05) is 6.92 Å². The summed E-state index contributed by atoms with van der Waals surface area (Å²) in [6.45, 7) is 3.95. The van der Waals surface area contributed by atoms with E-state index in [-0.39, 0.29) is 41.6 Å². The lowest BCUT2D eigenvalue weighted by Gasteiger charge is -2.09. The second-order valence-corrected chi connectivity index (χ2v) is 5.02. The van der Waals surface area contributed by atoms with E-state index in [1.165, 1.54) is 6.08 Å². The number of phenols is 1. The number of nitro groups is 1. The predicted octanol–water partition coefficient (Wildman–Crippen LogP) is 2.00. The van der Waals surface area contributed by atoms with Gasteiger partial charge < -0.3 is 15.2 Å². The van der Waals surface area contributed by atoms with Gasteiger partial charge in [0.2, 0.25) is 0 Å². The van der Waals surface area contributed by atoms with Gasteiger partial charge in [0.15, 0.2) is 11.5 Å². The van der Waals surface area contributed by atoms with Crippen molar-refractivity contribution in [2.24, 2.45) is 0 Å². The van der Waals surface area contributed by atoms with Crippen molar-refractivity contribution in [3.63, 3.8) is 0 Å². The number of aromatic hydroxyl groups is 1. The van der Waals surface area contributed by atoms with Crippen LogP contribution in [0.5, 0.6) is 11.5 Å². The van der Waals surface area contributed by atoms with Crippen molar-refractivity contribution in [3.05, 3.63) is 33.5 Å². The van der Waals surface area contributed by atoms with Gasteiger partial charge in [0.1, 0.15) is 5.70 Å². The summed E-state index contributed by atoms with van der Waals surface area (Å²) in [7, 11) is 0. The molecule has 0 saturated carbocycles. The molecule has 0 aromatic heterocycles. The molecule has 1 aliphatic heterocycles. The van der Waals surface area contributed by atoms with E-state index < -0.39 is 16.9 Å². The highest BCUT2D eigenvalue weighted by atomic mass is 16.6. The summed E-state index contributed by atoms with van der Waals surface area (Å²) in [5, 5.41) is 23.6. The Morgan fingerprint density at radius 3 is 2.67 bits per heavy atom. The molecule has 1 saturated heterocycles. The quantitative estimate of drug-likeness (QED) is 0.355. The number of nitro benzene ring substituents is 1. The van der Waals surface area contributed by atoms with Crippen LogP contribution in [0.25, 0.3) is 6.08 Å². The number of phenolic OH excluding ortho intramolecular Hbond substituents is 1. The fraction of sp³-hybridized carbons (Fsp3) is 0.333. The molecule has 1 aliphatic rings. The minimum absolute atomic E-state index is 0.00893. The van der Waals surface area contributed by atoms with Crippen molar-refractivity contribution in [2.75, 3.05) is 13.2 Å². The van der Waals surface area contributed by atoms with Gasteiger partial charge in [0.25, 0.3) is 11.6 Å². The molecule has 0 spiro atoms. The fourth-order valence-corrected chi connectivity index (χ4v) is 2.25. The Labute approximate surface area is 137 Å². The molecule has 9 heteroatoms. The predicted molar refractivity (Wildman–Crippen MR) is 84.4 cm³/mol. The van der Waals surface area contributed by atoms with Crippen molar-refractivity contribution in [3.8, 4) is 11.5 Å². The van der Waals surface area contributed by atoms with E-state index in [0.717, 1.165) is 17.0 Å². The van der Waals surface area contributed by atoms with Gasteiger partial charge in [0.05, 0.1) is 17.6 Å². The number of carbonyl (C=O) groups is 2. The van der Waals surface area contributed by atoms with Crippen LogP contribution in [0.1, 0.15) is 25.8 Å². The molecule has 1 aromatic rings. The van der Waals surface area contributed by atoms with E-state index in [2.05, 4.69) is 5.32 Å². The zero-order valence-corrected chi connectivity index (χ0v) is 13.2. The lowest BCUT2D eigenvalue weighted by Crippen LogP contribution is -2.31. The topological polar surface area (TPSA) is 122 Å². The Kier molecular flexibility index (Phi) is 5.02. The molecule has 9 nitrogen and oxygen atoms in total. The number of hydrogen-bond acceptors (Lipinski definition) is 6. The summed E-state index contributed by atoms with van der Waals surface area (Å²) >= 11 is 0. The minimum atomic E-state index is -0.637. The monoisotopic (exact) mass is 335 g/mol. The SMILES string of the molecule is CCCN1C(=O)N/C(=C/c2cc([N+](=O)[O-])cc(OCC)c2O)C1=O. The molecule has 128 valence electrons. The van der Waals surface area contributed by atoms with Crippen LogP contribution in [0.2, 0.25) is 0 Å². The number of hydrogen-bond donors (Lipinski definition) is 2. The standard InChI is InChI=1S/C15H17N3O6/c1-3-5-17-14(20)11(16-15(17)21)7-9-6-10(18(22)23)8-12(13(9)19)24-4-2/h6-8,19H,3-5H2,1-2H3,(H,16,21)/b11-7+. The van der Waals surface area contributed by atoms with E-state index in [1.54, 1.807) is 6.92 Å². The van der Waals surface area contributed by atoms with Gasteiger partial charge in [-0.05, 0) is 19.4 Å². The van der Waals surface area contributed by atoms with Crippen molar-refractivity contribution < 1.29 is 24.4 Å². The highest BCUT2D eigenvalue weighted by molar-refractivity contribution is 6.14. The van der Waals surface area contributed by atoms with Gasteiger partial charge in [0, 0.05) is 18.2 Å². The summed E-state index contributed by atoms with van der Waals surface area (Å²) < 4.78 is 5.17. The molecule has 2 N–H and O–H groups in total. The number of carbonyl (C=O) groups excluding carboxylic acids is 2. The van der Waals surface area contributed by atoms with Crippen molar-refractivity contribution in [2.45, 2.75) is 20.3 Å². The number of urea groups is 1. The van der Waals surface area contributed by atoms with Crippen molar-refractivity contribution in [1.29, 1.82) is 0 Å². The average Bonchev–Trinajstić information content (AvgIpc) is 2.79. The number of rotatable bonds is 6. The zero-order valence-electron chi connectivity index (χ0n) is 13.2. The Balaban J connectivity index is 2.46. The first kappa shape index (κ1) is 17.3. The van der Waals surface area contributed by atoms with Gasteiger partial charge in [-0.1, -0.05) is 6.92 Å². The summed E-state index contributed by atoms with van der Waals surface area (Å²) in [5.41, 5.74) is -0.355. The first-order valence-corrected chi connectivity index (χ1v) is 7.37. The summed E-state index contributed by atoms with van der Waals surface area (Å²) in [5.74, 6) is -0.961. The van der Waals surface area contributed by atoms with Gasteiger partial charge in [-0.15, -0.1) is 0 Å². The number of ether oxygens (including phenoxy) is 1. The summed E-state index contributed by atoms with van der Waals surface area (Å²) in [6, 6.07) is 1.63. The van der Waals surface area contributed by atoms with Crippen molar-refractivity contribution >= 4 is 23.7 Å². The molecular formula is C15H17N3O6. The Morgan fingerprint density at radius 2 is 2.08 bits per heavy atom. The molecule has 0 aliphatic carbocycles. The Hall–Kier alpha value is -3.10. The number of benzene rings is 1. The third-order valence-corrected chi connectivity index (χ3v) is 3.31. The number of non-ortho nitro benzene ring substituents is 1. The maximum Gasteiger partial charge on any atom is 0.329 e. The second-order valence-electron chi connectivity index (χ2n) is 5.02. The van der Waals surface area contributed by atoms with Crippen LogP contribution in [0.3, 0.4) is 0 Å². The van der Waals surface area contributed by atoms with Crippen LogP contribution in [-0.2, 0) is 4.79 Å². The van der Waals surface area contributed by atoms with Gasteiger partial charge in [-0.3, -0.25) is 19.8 Å². The lowest BCUT2D eigenvalue weighted by molar-refractivity contribution is -0.385. The molecule has 1 heterocycles. The van der Waals surface area contributed by atoms with Crippen molar-refractivity contribution in [1.82, 2.24) is 10.2 Å². The smallest absolute Gasteiger partial charge is 0.329 e. The molecule has 0 bridgehead atoms. The van der Waals surface area contributed by atoms with Crippen LogP contribution in [0.15, 0.2) is 17.8 Å². The Morgan fingerprint density at radius 1 is 1.38 bits per heavy atom. The molecule has 0 radical (unpaired) electrons. The van der Waals surface area contributed by atoms with Crippen LogP contribution in [0.4, 0.5) is 10.5 Å². The van der Waals surface area contributed by atoms with Gasteiger partial charge in [-0.25, -0.2) is 4.79 Å². The van der Waals surface area contributed by atoms with Crippen LogP contribution < -0.4 is 10.1 Å². The first-order valence-electron chi connectivity index (χ1n) is 7.37. The molecule has 3 amide bonds. The third kappa shape index (κ3) is 3.29. The number of nitrogens with zero attached hydrogens (tertiary/aromatic N) is 2. The molecule has 0 atom stereocenters. The van der Waals surface area contributed by atoms with E-state index in [0.29, 0.717) is 6.42 Å². The van der Waals surface area contributed by atoms with Crippen LogP contribution in [-0.4, -0.2) is 40.0 Å².